The maximum absolute atomic E-state index is 4.63. The van der Waals surface area contributed by atoms with Gasteiger partial charge in [-0.05, 0) is 30.7 Å². The molecular weight excluding hydrogens is 270 g/mol. The van der Waals surface area contributed by atoms with E-state index >= 15 is 0 Å². The van der Waals surface area contributed by atoms with Gasteiger partial charge in [0.25, 0.3) is 0 Å². The lowest BCUT2D eigenvalue weighted by Crippen LogP contribution is -1.99. The van der Waals surface area contributed by atoms with Gasteiger partial charge in [-0.2, -0.15) is 0 Å². The number of aromatic nitrogens is 3. The summed E-state index contributed by atoms with van der Waals surface area (Å²) in [5, 5.41) is 2.53. The standard InChI is InChI=1S/C19H17N3/c1-2-13-22-17-9-4-3-7-14(17)15-10-12-21-18(19(15)22)16-8-5-6-11-20-16/h3-12H,2,13H2,1H3. The number of fused-ring (bicyclic) bond motifs is 3. The van der Waals surface area contributed by atoms with Crippen molar-refractivity contribution < 1.29 is 0 Å². The van der Waals surface area contributed by atoms with E-state index < -0.39 is 0 Å². The number of rotatable bonds is 3. The molecule has 0 unspecified atom stereocenters. The summed E-state index contributed by atoms with van der Waals surface area (Å²) >= 11 is 0. The zero-order chi connectivity index (χ0) is 14.9. The fourth-order valence-corrected chi connectivity index (χ4v) is 3.15. The van der Waals surface area contributed by atoms with Crippen LogP contribution in [0, 0.1) is 0 Å². The Morgan fingerprint density at radius 3 is 2.55 bits per heavy atom. The van der Waals surface area contributed by atoms with Crippen molar-refractivity contribution in [2.24, 2.45) is 0 Å². The Kier molecular flexibility index (Phi) is 3.11. The number of nitrogens with zero attached hydrogens (tertiary/aromatic N) is 3. The fourth-order valence-electron chi connectivity index (χ4n) is 3.15. The van der Waals surface area contributed by atoms with Crippen LogP contribution in [0.15, 0.2) is 60.9 Å². The number of pyridine rings is 2. The van der Waals surface area contributed by atoms with Crippen molar-refractivity contribution in [3.8, 4) is 11.4 Å². The predicted molar refractivity (Wildman–Crippen MR) is 90.8 cm³/mol. The van der Waals surface area contributed by atoms with Crippen LogP contribution in [0.3, 0.4) is 0 Å². The van der Waals surface area contributed by atoms with Crippen LogP contribution in [0.25, 0.3) is 33.2 Å². The molecule has 4 aromatic rings. The van der Waals surface area contributed by atoms with Crippen LogP contribution >= 0.6 is 0 Å². The van der Waals surface area contributed by atoms with Gasteiger partial charge < -0.3 is 4.57 Å². The minimum absolute atomic E-state index is 0.924. The first kappa shape index (κ1) is 13.0. The van der Waals surface area contributed by atoms with E-state index in [0.717, 1.165) is 24.4 Å². The molecule has 22 heavy (non-hydrogen) atoms. The van der Waals surface area contributed by atoms with Gasteiger partial charge in [-0.1, -0.05) is 31.2 Å². The Bertz CT molecular complexity index is 939. The smallest absolute Gasteiger partial charge is 0.113 e. The van der Waals surface area contributed by atoms with Gasteiger partial charge in [0, 0.05) is 35.2 Å². The summed E-state index contributed by atoms with van der Waals surface area (Å²) < 4.78 is 2.38. The summed E-state index contributed by atoms with van der Waals surface area (Å²) in [5.41, 5.74) is 4.34. The van der Waals surface area contributed by atoms with Crippen LogP contribution in [0.2, 0.25) is 0 Å². The molecule has 0 fully saturated rings. The third kappa shape index (κ3) is 1.90. The molecule has 4 rings (SSSR count). The Labute approximate surface area is 129 Å². The maximum atomic E-state index is 4.63. The zero-order valence-corrected chi connectivity index (χ0v) is 12.5. The van der Waals surface area contributed by atoms with Gasteiger partial charge in [0.2, 0.25) is 0 Å². The van der Waals surface area contributed by atoms with Gasteiger partial charge in [-0.15, -0.1) is 0 Å². The third-order valence-electron chi connectivity index (χ3n) is 4.03. The fraction of sp³-hybridized carbons (Fsp3) is 0.158. The highest BCUT2D eigenvalue weighted by molar-refractivity contribution is 6.11. The first-order valence-corrected chi connectivity index (χ1v) is 7.67. The zero-order valence-electron chi connectivity index (χ0n) is 12.5. The molecular formula is C19H17N3. The van der Waals surface area contributed by atoms with Crippen molar-refractivity contribution in [1.82, 2.24) is 14.5 Å². The van der Waals surface area contributed by atoms with E-state index in [1.807, 2.05) is 30.6 Å². The van der Waals surface area contributed by atoms with E-state index in [2.05, 4.69) is 51.8 Å². The molecule has 0 saturated heterocycles. The van der Waals surface area contributed by atoms with Gasteiger partial charge in [0.15, 0.2) is 0 Å². The first-order valence-electron chi connectivity index (χ1n) is 7.67. The molecule has 0 radical (unpaired) electrons. The second kappa shape index (κ2) is 5.26. The molecule has 0 aliphatic rings. The molecule has 0 bridgehead atoms. The number of para-hydroxylation sites is 1. The average molecular weight is 287 g/mol. The van der Waals surface area contributed by atoms with Crippen molar-refractivity contribution in [3.05, 3.63) is 60.9 Å². The third-order valence-corrected chi connectivity index (χ3v) is 4.03. The Morgan fingerprint density at radius 2 is 1.73 bits per heavy atom. The lowest BCUT2D eigenvalue weighted by Gasteiger charge is -2.08. The number of aryl methyl sites for hydroxylation is 1. The van der Waals surface area contributed by atoms with Crippen LogP contribution in [0.1, 0.15) is 13.3 Å². The molecule has 3 heteroatoms. The van der Waals surface area contributed by atoms with E-state index in [9.17, 15) is 0 Å². The molecule has 3 aromatic heterocycles. The summed E-state index contributed by atoms with van der Waals surface area (Å²) in [7, 11) is 0. The van der Waals surface area contributed by atoms with E-state index in [-0.39, 0.29) is 0 Å². The summed E-state index contributed by atoms with van der Waals surface area (Å²) in [5.74, 6) is 0. The monoisotopic (exact) mass is 287 g/mol. The highest BCUT2D eigenvalue weighted by atomic mass is 15.0. The highest BCUT2D eigenvalue weighted by Crippen LogP contribution is 2.33. The molecule has 0 aliphatic heterocycles. The summed E-state index contributed by atoms with van der Waals surface area (Å²) in [4.78, 5) is 9.13. The quantitative estimate of drug-likeness (QED) is 0.548. The molecule has 0 aliphatic carbocycles. The molecule has 0 N–H and O–H groups in total. The number of hydrogen-bond donors (Lipinski definition) is 0. The van der Waals surface area contributed by atoms with Crippen LogP contribution in [0.4, 0.5) is 0 Å². The summed E-state index contributed by atoms with van der Waals surface area (Å²) in [6, 6.07) is 16.6. The lowest BCUT2D eigenvalue weighted by atomic mass is 10.1. The van der Waals surface area contributed by atoms with Crippen molar-refractivity contribution >= 4 is 21.8 Å². The number of hydrogen-bond acceptors (Lipinski definition) is 2. The summed E-state index contributed by atoms with van der Waals surface area (Å²) in [6.07, 6.45) is 4.79. The molecule has 3 heterocycles. The van der Waals surface area contributed by atoms with Crippen LogP contribution in [-0.2, 0) is 6.54 Å². The largest absolute Gasteiger partial charge is 0.339 e. The molecule has 0 saturated carbocycles. The van der Waals surface area contributed by atoms with Gasteiger partial charge >= 0.3 is 0 Å². The van der Waals surface area contributed by atoms with Crippen molar-refractivity contribution in [2.75, 3.05) is 0 Å². The maximum Gasteiger partial charge on any atom is 0.113 e. The van der Waals surface area contributed by atoms with Gasteiger partial charge in [-0.25, -0.2) is 0 Å². The molecule has 0 spiro atoms. The molecule has 0 amide bonds. The minimum atomic E-state index is 0.924. The predicted octanol–water partition coefficient (Wildman–Crippen LogP) is 4.66. The Morgan fingerprint density at radius 1 is 0.864 bits per heavy atom. The second-order valence-electron chi connectivity index (χ2n) is 5.44. The normalized spacial score (nSPS) is 11.3. The van der Waals surface area contributed by atoms with Gasteiger partial charge in [0.1, 0.15) is 5.69 Å². The van der Waals surface area contributed by atoms with E-state index in [0.29, 0.717) is 0 Å². The van der Waals surface area contributed by atoms with E-state index in [1.165, 1.54) is 21.8 Å². The molecule has 108 valence electrons. The van der Waals surface area contributed by atoms with Crippen molar-refractivity contribution in [2.45, 2.75) is 19.9 Å². The molecule has 1 aromatic carbocycles. The van der Waals surface area contributed by atoms with Crippen molar-refractivity contribution in [1.29, 1.82) is 0 Å². The minimum Gasteiger partial charge on any atom is -0.339 e. The topological polar surface area (TPSA) is 30.7 Å². The lowest BCUT2D eigenvalue weighted by molar-refractivity contribution is 0.723. The Balaban J connectivity index is 2.15. The number of benzene rings is 1. The average Bonchev–Trinajstić information content (AvgIpc) is 2.91. The van der Waals surface area contributed by atoms with Gasteiger partial charge in [-0.3, -0.25) is 9.97 Å². The SMILES string of the molecule is CCCn1c2ccccc2c2ccnc(-c3ccccn3)c21. The highest BCUT2D eigenvalue weighted by Gasteiger charge is 2.15. The van der Waals surface area contributed by atoms with E-state index in [1.54, 1.807) is 0 Å². The van der Waals surface area contributed by atoms with Crippen LogP contribution < -0.4 is 0 Å². The first-order chi connectivity index (χ1) is 10.9. The molecule has 3 nitrogen and oxygen atoms in total. The van der Waals surface area contributed by atoms with Crippen LogP contribution in [-0.4, -0.2) is 14.5 Å². The Hall–Kier alpha value is -2.68. The van der Waals surface area contributed by atoms with Crippen molar-refractivity contribution in [3.63, 3.8) is 0 Å². The van der Waals surface area contributed by atoms with E-state index in [4.69, 9.17) is 0 Å². The summed E-state index contributed by atoms with van der Waals surface area (Å²) in [6.45, 7) is 3.19. The van der Waals surface area contributed by atoms with Gasteiger partial charge in [0.05, 0.1) is 11.2 Å². The molecule has 0 atom stereocenters. The second-order valence-corrected chi connectivity index (χ2v) is 5.44. The van der Waals surface area contributed by atoms with Crippen LogP contribution in [0.5, 0.6) is 0 Å².